The Kier molecular flexibility index (Phi) is 6.86. The Morgan fingerprint density at radius 3 is 2.43 bits per heavy atom. The molecule has 0 saturated carbocycles. The first kappa shape index (κ1) is 21.9. The van der Waals surface area contributed by atoms with E-state index in [-0.39, 0.29) is 6.09 Å². The molecule has 1 aliphatic carbocycles. The van der Waals surface area contributed by atoms with Crippen LogP contribution in [-0.4, -0.2) is 18.2 Å². The number of anilines is 1. The van der Waals surface area contributed by atoms with Gasteiger partial charge in [0.1, 0.15) is 18.0 Å². The van der Waals surface area contributed by atoms with Gasteiger partial charge < -0.3 is 9.47 Å². The lowest BCUT2D eigenvalue weighted by Crippen LogP contribution is -2.37. The highest BCUT2D eigenvalue weighted by atomic mass is 16.6. The molecule has 0 aliphatic heterocycles. The summed E-state index contributed by atoms with van der Waals surface area (Å²) in [5.41, 5.74) is 5.11. The van der Waals surface area contributed by atoms with Gasteiger partial charge in [0, 0.05) is 12.6 Å². The molecule has 0 aromatic heterocycles. The number of hydrogen-bond donors (Lipinski definition) is 0. The number of carbonyl (C=O) groups excluding carboxylic acids is 1. The predicted molar refractivity (Wildman–Crippen MR) is 122 cm³/mol. The molecule has 0 heterocycles. The number of amides is 1. The summed E-state index contributed by atoms with van der Waals surface area (Å²) in [6.45, 7) is 12.5. The van der Waals surface area contributed by atoms with Gasteiger partial charge in [-0.3, -0.25) is 4.90 Å². The molecule has 0 atom stereocenters. The fourth-order valence-electron chi connectivity index (χ4n) is 3.93. The summed E-state index contributed by atoms with van der Waals surface area (Å²) in [6, 6.07) is 12.2. The van der Waals surface area contributed by atoms with E-state index in [9.17, 15) is 4.79 Å². The Morgan fingerprint density at radius 1 is 1.13 bits per heavy atom. The molecule has 1 amide bonds. The van der Waals surface area contributed by atoms with Crippen LogP contribution in [0, 0.1) is 6.92 Å². The van der Waals surface area contributed by atoms with E-state index in [1.807, 2.05) is 45.0 Å². The second-order valence-electron chi connectivity index (χ2n) is 8.84. The molecule has 2 aromatic carbocycles. The summed E-state index contributed by atoms with van der Waals surface area (Å²) >= 11 is 0. The standard InChI is InChI=1S/C26H33NO3/c1-6-16-27(25(28)30-26(3,4)5)23-17-24(29-18-20-12-8-7-9-13-20)22-15-11-10-14-21(22)19(23)2/h6-9,12-13,17H,1,10-11,14-16,18H2,2-5H3. The third kappa shape index (κ3) is 5.24. The molecule has 160 valence electrons. The van der Waals surface area contributed by atoms with Gasteiger partial charge in [0.05, 0.1) is 5.69 Å². The van der Waals surface area contributed by atoms with Gasteiger partial charge in [0.2, 0.25) is 0 Å². The van der Waals surface area contributed by atoms with E-state index in [4.69, 9.17) is 9.47 Å². The summed E-state index contributed by atoms with van der Waals surface area (Å²) in [6.07, 6.45) is 5.70. The summed E-state index contributed by atoms with van der Waals surface area (Å²) in [5.74, 6) is 0.867. The van der Waals surface area contributed by atoms with Gasteiger partial charge in [-0.15, -0.1) is 6.58 Å². The molecule has 0 radical (unpaired) electrons. The molecule has 0 unspecified atom stereocenters. The van der Waals surface area contributed by atoms with E-state index < -0.39 is 5.60 Å². The van der Waals surface area contributed by atoms with Gasteiger partial charge in [-0.25, -0.2) is 4.79 Å². The van der Waals surface area contributed by atoms with Crippen LogP contribution in [-0.2, 0) is 24.2 Å². The van der Waals surface area contributed by atoms with Crippen molar-refractivity contribution >= 4 is 11.8 Å². The second-order valence-corrected chi connectivity index (χ2v) is 8.84. The van der Waals surface area contributed by atoms with E-state index in [1.165, 1.54) is 11.1 Å². The monoisotopic (exact) mass is 407 g/mol. The van der Waals surface area contributed by atoms with Crippen molar-refractivity contribution in [2.24, 2.45) is 0 Å². The fourth-order valence-corrected chi connectivity index (χ4v) is 3.93. The van der Waals surface area contributed by atoms with E-state index in [1.54, 1.807) is 11.0 Å². The maximum absolute atomic E-state index is 13.0. The van der Waals surface area contributed by atoms with Crippen LogP contribution >= 0.6 is 0 Å². The van der Waals surface area contributed by atoms with Crippen molar-refractivity contribution in [1.82, 2.24) is 0 Å². The smallest absolute Gasteiger partial charge is 0.415 e. The average Bonchev–Trinajstić information content (AvgIpc) is 2.71. The average molecular weight is 408 g/mol. The van der Waals surface area contributed by atoms with Gasteiger partial charge in [-0.1, -0.05) is 36.4 Å². The minimum absolute atomic E-state index is 0.365. The summed E-state index contributed by atoms with van der Waals surface area (Å²) in [5, 5.41) is 0. The Bertz CT molecular complexity index is 897. The topological polar surface area (TPSA) is 38.8 Å². The van der Waals surface area contributed by atoms with Crippen LogP contribution in [0.3, 0.4) is 0 Å². The highest BCUT2D eigenvalue weighted by Gasteiger charge is 2.27. The van der Waals surface area contributed by atoms with Crippen LogP contribution in [0.1, 0.15) is 55.9 Å². The van der Waals surface area contributed by atoms with Gasteiger partial charge in [0.25, 0.3) is 0 Å². The van der Waals surface area contributed by atoms with Crippen LogP contribution in [0.25, 0.3) is 0 Å². The molecule has 3 rings (SSSR count). The third-order valence-corrected chi connectivity index (χ3v) is 5.32. The Morgan fingerprint density at radius 2 is 1.80 bits per heavy atom. The maximum atomic E-state index is 13.0. The molecule has 0 N–H and O–H groups in total. The number of fused-ring (bicyclic) bond motifs is 1. The highest BCUT2D eigenvalue weighted by Crippen LogP contribution is 2.39. The first-order chi connectivity index (χ1) is 14.3. The van der Waals surface area contributed by atoms with Crippen LogP contribution in [0.2, 0.25) is 0 Å². The summed E-state index contributed by atoms with van der Waals surface area (Å²) < 4.78 is 12.0. The minimum Gasteiger partial charge on any atom is -0.489 e. The van der Waals surface area contributed by atoms with Crippen molar-refractivity contribution in [1.29, 1.82) is 0 Å². The maximum Gasteiger partial charge on any atom is 0.415 e. The van der Waals surface area contributed by atoms with E-state index in [2.05, 4.69) is 25.6 Å². The van der Waals surface area contributed by atoms with Gasteiger partial charge >= 0.3 is 6.09 Å². The van der Waals surface area contributed by atoms with Crippen molar-refractivity contribution in [3.8, 4) is 5.75 Å². The molecule has 30 heavy (non-hydrogen) atoms. The Balaban J connectivity index is 2.00. The van der Waals surface area contributed by atoms with E-state index in [0.29, 0.717) is 13.2 Å². The van der Waals surface area contributed by atoms with Crippen LogP contribution < -0.4 is 9.64 Å². The van der Waals surface area contributed by atoms with Crippen molar-refractivity contribution < 1.29 is 14.3 Å². The minimum atomic E-state index is -0.564. The molecule has 0 fully saturated rings. The predicted octanol–water partition coefficient (Wildman–Crippen LogP) is 6.38. The second kappa shape index (κ2) is 9.38. The molecular weight excluding hydrogens is 374 g/mol. The number of hydrogen-bond acceptors (Lipinski definition) is 3. The van der Waals surface area contributed by atoms with Gasteiger partial charge in [0.15, 0.2) is 0 Å². The zero-order chi connectivity index (χ0) is 21.7. The number of carbonyl (C=O) groups is 1. The van der Waals surface area contributed by atoms with Crippen molar-refractivity contribution in [2.75, 3.05) is 11.4 Å². The molecule has 0 spiro atoms. The van der Waals surface area contributed by atoms with E-state index >= 15 is 0 Å². The molecule has 0 bridgehead atoms. The van der Waals surface area contributed by atoms with Crippen molar-refractivity contribution in [3.05, 3.63) is 71.3 Å². The molecule has 4 nitrogen and oxygen atoms in total. The van der Waals surface area contributed by atoms with Crippen LogP contribution in [0.4, 0.5) is 10.5 Å². The first-order valence-electron chi connectivity index (χ1n) is 10.7. The number of rotatable bonds is 6. The normalized spacial score (nSPS) is 13.3. The van der Waals surface area contributed by atoms with Crippen molar-refractivity contribution in [2.45, 2.75) is 65.6 Å². The SMILES string of the molecule is C=CCN(C(=O)OC(C)(C)C)c1cc(OCc2ccccc2)c2c(c1C)CCCC2. The quantitative estimate of drug-likeness (QED) is 0.522. The number of ether oxygens (including phenoxy) is 2. The highest BCUT2D eigenvalue weighted by molar-refractivity contribution is 5.90. The largest absolute Gasteiger partial charge is 0.489 e. The molecule has 0 saturated heterocycles. The third-order valence-electron chi connectivity index (χ3n) is 5.32. The Hall–Kier alpha value is -2.75. The molecular formula is C26H33NO3. The van der Waals surface area contributed by atoms with Gasteiger partial charge in [-0.2, -0.15) is 0 Å². The molecule has 2 aromatic rings. The number of nitrogens with zero attached hydrogens (tertiary/aromatic N) is 1. The Labute approximate surface area is 180 Å². The van der Waals surface area contributed by atoms with E-state index in [0.717, 1.165) is 48.2 Å². The number of benzene rings is 2. The van der Waals surface area contributed by atoms with Crippen molar-refractivity contribution in [3.63, 3.8) is 0 Å². The lowest BCUT2D eigenvalue weighted by molar-refractivity contribution is 0.0584. The lowest BCUT2D eigenvalue weighted by atomic mass is 9.87. The lowest BCUT2D eigenvalue weighted by Gasteiger charge is -2.31. The first-order valence-corrected chi connectivity index (χ1v) is 10.7. The summed E-state index contributed by atoms with van der Waals surface area (Å²) in [7, 11) is 0. The van der Waals surface area contributed by atoms with Crippen LogP contribution in [0.5, 0.6) is 5.75 Å². The zero-order valence-corrected chi connectivity index (χ0v) is 18.7. The zero-order valence-electron chi connectivity index (χ0n) is 18.7. The van der Waals surface area contributed by atoms with Crippen LogP contribution in [0.15, 0.2) is 49.1 Å². The fraction of sp³-hybridized carbons (Fsp3) is 0.423. The molecule has 4 heteroatoms. The molecule has 1 aliphatic rings. The summed E-state index contributed by atoms with van der Waals surface area (Å²) in [4.78, 5) is 14.6. The van der Waals surface area contributed by atoms with Gasteiger partial charge in [-0.05, 0) is 75.6 Å².